The molecule has 1 saturated heterocycles. The lowest BCUT2D eigenvalue weighted by molar-refractivity contribution is -0.132. The van der Waals surface area contributed by atoms with Crippen molar-refractivity contribution in [3.8, 4) is 5.75 Å². The lowest BCUT2D eigenvalue weighted by Gasteiger charge is -2.31. The predicted molar refractivity (Wildman–Crippen MR) is 151 cm³/mol. The molecule has 3 heterocycles. The average Bonchev–Trinajstić information content (AvgIpc) is 3.64. The summed E-state index contributed by atoms with van der Waals surface area (Å²) in [4.78, 5) is 56.0. The number of benzene rings is 2. The van der Waals surface area contributed by atoms with E-state index in [1.54, 1.807) is 61.0 Å². The molecule has 4 aromatic rings. The molecule has 0 aliphatic carbocycles. The number of Topliss-reactive ketones (excluding diaryl/α,β-unsaturated/α-hetero) is 2. The number of ether oxygens (including phenoxy) is 1. The van der Waals surface area contributed by atoms with Gasteiger partial charge in [-0.05, 0) is 61.4 Å². The molecular formula is C30H29N3O6S. The zero-order valence-corrected chi connectivity index (χ0v) is 23.1. The Hall–Kier alpha value is -4.31. The SMILES string of the molecule is COc1ccc(C(=O)CCC(=O)N2CCC(c3nc(C(=O)Nc4ccc5oc(C(C)=O)cc5c4)cs3)CC2)cc1. The van der Waals surface area contributed by atoms with Crippen LogP contribution in [-0.2, 0) is 4.79 Å². The van der Waals surface area contributed by atoms with Crippen molar-refractivity contribution in [1.82, 2.24) is 9.88 Å². The number of aromatic nitrogens is 1. The first-order valence-corrected chi connectivity index (χ1v) is 13.9. The van der Waals surface area contributed by atoms with Crippen molar-refractivity contribution in [3.63, 3.8) is 0 Å². The fourth-order valence-corrected chi connectivity index (χ4v) is 5.72. The Kier molecular flexibility index (Phi) is 8.06. The molecule has 0 unspecified atom stereocenters. The summed E-state index contributed by atoms with van der Waals surface area (Å²) in [5.74, 6) is 0.565. The summed E-state index contributed by atoms with van der Waals surface area (Å²) < 4.78 is 10.6. The molecule has 206 valence electrons. The van der Waals surface area contributed by atoms with Gasteiger partial charge in [0.05, 0.1) is 12.1 Å². The lowest BCUT2D eigenvalue weighted by Crippen LogP contribution is -2.38. The maximum Gasteiger partial charge on any atom is 0.275 e. The number of hydrogen-bond donors (Lipinski definition) is 1. The largest absolute Gasteiger partial charge is 0.497 e. The van der Waals surface area contributed by atoms with Gasteiger partial charge in [0.15, 0.2) is 17.3 Å². The van der Waals surface area contributed by atoms with Crippen LogP contribution < -0.4 is 10.1 Å². The Balaban J connectivity index is 1.11. The first kappa shape index (κ1) is 27.3. The van der Waals surface area contributed by atoms with Gasteiger partial charge in [-0.2, -0.15) is 0 Å². The number of likely N-dealkylation sites (tertiary alicyclic amines) is 1. The van der Waals surface area contributed by atoms with Crippen LogP contribution in [0.1, 0.15) is 74.9 Å². The van der Waals surface area contributed by atoms with Gasteiger partial charge in [-0.25, -0.2) is 4.98 Å². The maximum absolute atomic E-state index is 12.8. The molecule has 2 aromatic carbocycles. The molecule has 9 nitrogen and oxygen atoms in total. The second kappa shape index (κ2) is 11.8. The number of carbonyl (C=O) groups is 4. The molecule has 5 rings (SSSR count). The highest BCUT2D eigenvalue weighted by molar-refractivity contribution is 7.10. The van der Waals surface area contributed by atoms with Crippen molar-refractivity contribution in [2.75, 3.05) is 25.5 Å². The fraction of sp³-hybridized carbons (Fsp3) is 0.300. The number of nitrogens with zero attached hydrogens (tertiary/aromatic N) is 2. The topological polar surface area (TPSA) is 119 Å². The fourth-order valence-electron chi connectivity index (χ4n) is 4.74. The van der Waals surface area contributed by atoms with Crippen LogP contribution >= 0.6 is 11.3 Å². The minimum Gasteiger partial charge on any atom is -0.497 e. The highest BCUT2D eigenvalue weighted by atomic mass is 32.1. The van der Waals surface area contributed by atoms with E-state index in [2.05, 4.69) is 10.3 Å². The first-order chi connectivity index (χ1) is 19.3. The van der Waals surface area contributed by atoms with Gasteiger partial charge in [-0.15, -0.1) is 11.3 Å². The lowest BCUT2D eigenvalue weighted by atomic mass is 9.97. The van der Waals surface area contributed by atoms with E-state index in [4.69, 9.17) is 9.15 Å². The highest BCUT2D eigenvalue weighted by Gasteiger charge is 2.26. The molecule has 10 heteroatoms. The van der Waals surface area contributed by atoms with Crippen molar-refractivity contribution >= 4 is 51.4 Å². The molecule has 1 aliphatic rings. The van der Waals surface area contributed by atoms with Gasteiger partial charge in [0.2, 0.25) is 5.91 Å². The monoisotopic (exact) mass is 559 g/mol. The van der Waals surface area contributed by atoms with Gasteiger partial charge < -0.3 is 19.4 Å². The molecule has 0 atom stereocenters. The zero-order valence-electron chi connectivity index (χ0n) is 22.3. The third-order valence-electron chi connectivity index (χ3n) is 7.05. The minimum absolute atomic E-state index is 0.0236. The van der Waals surface area contributed by atoms with Crippen LogP contribution in [0.3, 0.4) is 0 Å². The van der Waals surface area contributed by atoms with Gasteiger partial charge >= 0.3 is 0 Å². The van der Waals surface area contributed by atoms with Crippen LogP contribution in [0.2, 0.25) is 0 Å². The number of thiazole rings is 1. The zero-order chi connectivity index (χ0) is 28.2. The predicted octanol–water partition coefficient (Wildman–Crippen LogP) is 5.72. The van der Waals surface area contributed by atoms with Crippen LogP contribution in [0.5, 0.6) is 5.75 Å². The molecular weight excluding hydrogens is 530 g/mol. The molecule has 2 aromatic heterocycles. The van der Waals surface area contributed by atoms with Gasteiger partial charge in [0, 0.05) is 60.8 Å². The Morgan fingerprint density at radius 1 is 1.05 bits per heavy atom. The van der Waals surface area contributed by atoms with Gasteiger partial charge in [0.25, 0.3) is 5.91 Å². The number of carbonyl (C=O) groups excluding carboxylic acids is 4. The Morgan fingerprint density at radius 2 is 1.80 bits per heavy atom. The Bertz CT molecular complexity index is 1560. The number of fused-ring (bicyclic) bond motifs is 1. The number of furan rings is 1. The van der Waals surface area contributed by atoms with Crippen molar-refractivity contribution < 1.29 is 28.3 Å². The smallest absolute Gasteiger partial charge is 0.275 e. The number of amides is 2. The van der Waals surface area contributed by atoms with Crippen molar-refractivity contribution in [3.05, 3.63) is 75.9 Å². The molecule has 2 amide bonds. The van der Waals surface area contributed by atoms with E-state index in [0.29, 0.717) is 41.4 Å². The van der Waals surface area contributed by atoms with E-state index >= 15 is 0 Å². The number of methoxy groups -OCH3 is 1. The molecule has 1 fully saturated rings. The summed E-state index contributed by atoms with van der Waals surface area (Å²) in [5, 5.41) is 6.21. The van der Waals surface area contributed by atoms with Gasteiger partial charge in [-0.1, -0.05) is 0 Å². The summed E-state index contributed by atoms with van der Waals surface area (Å²) >= 11 is 1.45. The van der Waals surface area contributed by atoms with Crippen molar-refractivity contribution in [2.24, 2.45) is 0 Å². The Morgan fingerprint density at radius 3 is 2.50 bits per heavy atom. The first-order valence-electron chi connectivity index (χ1n) is 13.1. The van der Waals surface area contributed by atoms with Crippen molar-refractivity contribution in [1.29, 1.82) is 0 Å². The van der Waals surface area contributed by atoms with E-state index in [1.807, 2.05) is 4.90 Å². The van der Waals surface area contributed by atoms with E-state index in [-0.39, 0.29) is 47.9 Å². The summed E-state index contributed by atoms with van der Waals surface area (Å²) in [7, 11) is 1.57. The van der Waals surface area contributed by atoms with Crippen LogP contribution in [0.15, 0.2) is 58.3 Å². The maximum atomic E-state index is 12.8. The third kappa shape index (κ3) is 6.12. The van der Waals surface area contributed by atoms with E-state index < -0.39 is 0 Å². The molecule has 0 radical (unpaired) electrons. The number of anilines is 1. The minimum atomic E-state index is -0.314. The van der Waals surface area contributed by atoms with E-state index in [9.17, 15) is 19.2 Å². The van der Waals surface area contributed by atoms with Crippen LogP contribution in [0, 0.1) is 0 Å². The number of piperidine rings is 1. The summed E-state index contributed by atoms with van der Waals surface area (Å²) in [5.41, 5.74) is 2.07. The number of nitrogens with one attached hydrogen (secondary N) is 1. The molecule has 40 heavy (non-hydrogen) atoms. The highest BCUT2D eigenvalue weighted by Crippen LogP contribution is 2.31. The van der Waals surface area contributed by atoms with Crippen LogP contribution in [0.25, 0.3) is 11.0 Å². The molecule has 0 bridgehead atoms. The van der Waals surface area contributed by atoms with Gasteiger partial charge in [-0.3, -0.25) is 19.2 Å². The van der Waals surface area contributed by atoms with Crippen LogP contribution in [-0.4, -0.2) is 53.5 Å². The quantitative estimate of drug-likeness (QED) is 0.261. The van der Waals surface area contributed by atoms with Crippen molar-refractivity contribution in [2.45, 2.75) is 38.5 Å². The molecule has 0 saturated carbocycles. The summed E-state index contributed by atoms with van der Waals surface area (Å²) in [6, 6.07) is 13.7. The Labute approximate surface area is 235 Å². The summed E-state index contributed by atoms with van der Waals surface area (Å²) in [6.07, 6.45) is 1.85. The van der Waals surface area contributed by atoms with Gasteiger partial charge in [0.1, 0.15) is 17.0 Å². The van der Waals surface area contributed by atoms with E-state index in [1.165, 1.54) is 18.3 Å². The molecule has 0 spiro atoms. The standard InChI is InChI=1S/C30H29N3O6S/c1-18(34)27-16-21-15-22(5-9-26(21)39-27)31-29(37)24-17-40-30(32-24)20-11-13-33(14-12-20)28(36)10-8-25(35)19-3-6-23(38-2)7-4-19/h3-7,9,15-17,20H,8,10-14H2,1-2H3,(H,31,37). The number of hydrogen-bond acceptors (Lipinski definition) is 8. The molecule has 1 N–H and O–H groups in total. The van der Waals surface area contributed by atoms with E-state index in [0.717, 1.165) is 23.2 Å². The average molecular weight is 560 g/mol. The second-order valence-corrected chi connectivity index (χ2v) is 10.6. The third-order valence-corrected chi connectivity index (χ3v) is 8.06. The number of rotatable bonds is 9. The molecule has 1 aliphatic heterocycles. The van der Waals surface area contributed by atoms with Crippen LogP contribution in [0.4, 0.5) is 5.69 Å². The summed E-state index contributed by atoms with van der Waals surface area (Å²) in [6.45, 7) is 2.62. The second-order valence-electron chi connectivity index (χ2n) is 9.75. The normalized spacial score (nSPS) is 13.8. The number of ketones is 2.